The molecule has 1 atom stereocenters. The van der Waals surface area contributed by atoms with Crippen LogP contribution in [0.4, 0.5) is 0 Å². The maximum Gasteiger partial charge on any atom is 0.225 e. The van der Waals surface area contributed by atoms with E-state index in [0.29, 0.717) is 35.7 Å². The van der Waals surface area contributed by atoms with Gasteiger partial charge in [-0.1, -0.05) is 13.8 Å². The molecule has 6 nitrogen and oxygen atoms in total. The average Bonchev–Trinajstić information content (AvgIpc) is 2.57. The van der Waals surface area contributed by atoms with Gasteiger partial charge in [0.15, 0.2) is 17.3 Å². The number of rotatable bonds is 4. The highest BCUT2D eigenvalue weighted by atomic mass is 16.5. The van der Waals surface area contributed by atoms with E-state index in [-0.39, 0.29) is 29.4 Å². The van der Waals surface area contributed by atoms with Crippen LogP contribution >= 0.6 is 0 Å². The average molecular weight is 359 g/mol. The van der Waals surface area contributed by atoms with Gasteiger partial charge in [-0.15, -0.1) is 0 Å². The lowest BCUT2D eigenvalue weighted by Gasteiger charge is -2.38. The number of ether oxygens (including phenoxy) is 3. The third-order valence-electron chi connectivity index (χ3n) is 5.04. The molecule has 3 rings (SSSR count). The summed E-state index contributed by atoms with van der Waals surface area (Å²) < 4.78 is 16.2. The van der Waals surface area contributed by atoms with E-state index < -0.39 is 0 Å². The van der Waals surface area contributed by atoms with E-state index in [9.17, 15) is 9.59 Å². The van der Waals surface area contributed by atoms with Crippen LogP contribution in [0.25, 0.3) is 0 Å². The second kappa shape index (κ2) is 6.67. The van der Waals surface area contributed by atoms with E-state index in [1.807, 2.05) is 26.0 Å². The fourth-order valence-corrected chi connectivity index (χ4v) is 3.94. The quantitative estimate of drug-likeness (QED) is 0.895. The lowest BCUT2D eigenvalue weighted by atomic mass is 9.70. The van der Waals surface area contributed by atoms with Gasteiger partial charge in [-0.2, -0.15) is 0 Å². The zero-order chi connectivity index (χ0) is 19.1. The second-order valence-corrected chi connectivity index (χ2v) is 7.60. The maximum atomic E-state index is 12.9. The molecule has 2 aliphatic rings. The highest BCUT2D eigenvalue weighted by Crippen LogP contribution is 2.47. The summed E-state index contributed by atoms with van der Waals surface area (Å²) in [7, 11) is 4.64. The molecule has 1 amide bonds. The molecule has 1 unspecified atom stereocenters. The zero-order valence-corrected chi connectivity index (χ0v) is 15.9. The molecule has 6 heteroatoms. The van der Waals surface area contributed by atoms with Crippen molar-refractivity contribution in [3.05, 3.63) is 29.0 Å². The summed E-state index contributed by atoms with van der Waals surface area (Å²) in [6.45, 7) is 4.09. The number of Topliss-reactive ketones (excluding diaryl/α,β-unsaturated/α-hetero) is 1. The van der Waals surface area contributed by atoms with Crippen LogP contribution in [0.5, 0.6) is 17.2 Å². The molecule has 0 saturated carbocycles. The van der Waals surface area contributed by atoms with Crippen molar-refractivity contribution in [3.8, 4) is 17.2 Å². The van der Waals surface area contributed by atoms with E-state index in [1.165, 1.54) is 0 Å². The number of carbonyl (C=O) groups is 2. The summed E-state index contributed by atoms with van der Waals surface area (Å²) in [5, 5.41) is 2.92. The van der Waals surface area contributed by atoms with Crippen molar-refractivity contribution in [1.29, 1.82) is 0 Å². The Morgan fingerprint density at radius 1 is 1.00 bits per heavy atom. The van der Waals surface area contributed by atoms with E-state index >= 15 is 0 Å². The van der Waals surface area contributed by atoms with Crippen LogP contribution in [0.1, 0.15) is 44.6 Å². The van der Waals surface area contributed by atoms with Crippen molar-refractivity contribution in [2.24, 2.45) is 5.41 Å². The number of methoxy groups -OCH3 is 3. The van der Waals surface area contributed by atoms with Gasteiger partial charge in [0.2, 0.25) is 11.7 Å². The third-order valence-corrected chi connectivity index (χ3v) is 5.04. The first-order valence-electron chi connectivity index (χ1n) is 8.65. The number of hydrogen-bond acceptors (Lipinski definition) is 5. The second-order valence-electron chi connectivity index (χ2n) is 7.60. The topological polar surface area (TPSA) is 73.9 Å². The van der Waals surface area contributed by atoms with Gasteiger partial charge in [-0.25, -0.2) is 0 Å². The first-order chi connectivity index (χ1) is 12.3. The maximum absolute atomic E-state index is 12.9. The first-order valence-corrected chi connectivity index (χ1v) is 8.65. The van der Waals surface area contributed by atoms with Gasteiger partial charge in [-0.05, 0) is 29.5 Å². The first kappa shape index (κ1) is 18.3. The molecular weight excluding hydrogens is 334 g/mol. The Bertz CT molecular complexity index is 768. The summed E-state index contributed by atoms with van der Waals surface area (Å²) >= 11 is 0. The van der Waals surface area contributed by atoms with Crippen molar-refractivity contribution in [1.82, 2.24) is 5.32 Å². The van der Waals surface area contributed by atoms with Gasteiger partial charge in [-0.3, -0.25) is 9.59 Å². The Balaban J connectivity index is 2.13. The highest BCUT2D eigenvalue weighted by Gasteiger charge is 2.41. The molecule has 0 spiro atoms. The fraction of sp³-hybridized carbons (Fsp3) is 0.500. The normalized spacial score (nSPS) is 21.8. The molecule has 0 bridgehead atoms. The van der Waals surface area contributed by atoms with Crippen LogP contribution in [0.2, 0.25) is 0 Å². The SMILES string of the molecule is COc1cc(C2CC(=O)NC3=C2C(=O)CC(C)(C)C3)cc(OC)c1OC. The van der Waals surface area contributed by atoms with Gasteiger partial charge in [0, 0.05) is 30.0 Å². The predicted octanol–water partition coefficient (Wildman–Crippen LogP) is 2.96. The number of carbonyl (C=O) groups excluding carboxylic acids is 2. The number of amides is 1. The highest BCUT2D eigenvalue weighted by molar-refractivity contribution is 6.02. The van der Waals surface area contributed by atoms with Crippen molar-refractivity contribution < 1.29 is 23.8 Å². The molecule has 1 aliphatic heterocycles. The molecular formula is C20H25NO5. The molecule has 0 fully saturated rings. The predicted molar refractivity (Wildman–Crippen MR) is 96.6 cm³/mol. The molecule has 0 saturated heterocycles. The fourth-order valence-electron chi connectivity index (χ4n) is 3.94. The van der Waals surface area contributed by atoms with Crippen LogP contribution in [0.15, 0.2) is 23.4 Å². The number of allylic oxidation sites excluding steroid dienone is 2. The van der Waals surface area contributed by atoms with E-state index in [0.717, 1.165) is 11.3 Å². The molecule has 0 aromatic heterocycles. The Kier molecular flexibility index (Phi) is 4.69. The lowest BCUT2D eigenvalue weighted by molar-refractivity contribution is -0.122. The Morgan fingerprint density at radius 3 is 2.15 bits per heavy atom. The van der Waals surface area contributed by atoms with Gasteiger partial charge in [0.1, 0.15) is 0 Å². The Morgan fingerprint density at radius 2 is 1.62 bits per heavy atom. The summed E-state index contributed by atoms with van der Waals surface area (Å²) in [4.78, 5) is 25.2. The Hall–Kier alpha value is -2.50. The van der Waals surface area contributed by atoms with Crippen LogP contribution in [0.3, 0.4) is 0 Å². The van der Waals surface area contributed by atoms with Crippen LogP contribution in [-0.4, -0.2) is 33.0 Å². The molecule has 26 heavy (non-hydrogen) atoms. The number of ketones is 1. The van der Waals surface area contributed by atoms with E-state index in [2.05, 4.69) is 5.32 Å². The molecule has 1 heterocycles. The number of nitrogens with one attached hydrogen (secondary N) is 1. The smallest absolute Gasteiger partial charge is 0.225 e. The summed E-state index contributed by atoms with van der Waals surface area (Å²) in [6, 6.07) is 3.64. The summed E-state index contributed by atoms with van der Waals surface area (Å²) in [5.41, 5.74) is 2.12. The lowest BCUT2D eigenvalue weighted by Crippen LogP contribution is -2.40. The molecule has 1 aromatic rings. The standard InChI is InChI=1S/C20H25NO5/c1-20(2)9-13-18(14(22)10-20)12(8-17(23)21-13)11-6-15(24-3)19(26-5)16(7-11)25-4/h6-7,12H,8-10H2,1-5H3,(H,21,23). The molecule has 1 aliphatic carbocycles. The van der Waals surface area contributed by atoms with Crippen molar-refractivity contribution in [2.75, 3.05) is 21.3 Å². The van der Waals surface area contributed by atoms with E-state index in [4.69, 9.17) is 14.2 Å². The molecule has 1 N–H and O–H groups in total. The minimum atomic E-state index is -0.309. The third kappa shape index (κ3) is 3.16. The molecule has 140 valence electrons. The minimum Gasteiger partial charge on any atom is -0.493 e. The largest absolute Gasteiger partial charge is 0.493 e. The number of benzene rings is 1. The molecule has 0 radical (unpaired) electrons. The zero-order valence-electron chi connectivity index (χ0n) is 15.9. The Labute approximate surface area is 153 Å². The van der Waals surface area contributed by atoms with Crippen molar-refractivity contribution in [3.63, 3.8) is 0 Å². The molecule has 1 aromatic carbocycles. The summed E-state index contributed by atoms with van der Waals surface area (Å²) in [6.07, 6.45) is 1.38. The van der Waals surface area contributed by atoms with E-state index in [1.54, 1.807) is 21.3 Å². The van der Waals surface area contributed by atoms with Crippen LogP contribution in [-0.2, 0) is 9.59 Å². The van der Waals surface area contributed by atoms with Crippen molar-refractivity contribution >= 4 is 11.7 Å². The minimum absolute atomic E-state index is 0.0759. The van der Waals surface area contributed by atoms with Gasteiger partial charge in [0.05, 0.1) is 21.3 Å². The van der Waals surface area contributed by atoms with Crippen LogP contribution in [0, 0.1) is 5.41 Å². The number of hydrogen-bond donors (Lipinski definition) is 1. The van der Waals surface area contributed by atoms with Crippen molar-refractivity contribution in [2.45, 2.75) is 39.0 Å². The summed E-state index contributed by atoms with van der Waals surface area (Å²) in [5.74, 6) is 1.22. The van der Waals surface area contributed by atoms with Gasteiger partial charge < -0.3 is 19.5 Å². The monoisotopic (exact) mass is 359 g/mol. The van der Waals surface area contributed by atoms with Gasteiger partial charge in [0.25, 0.3) is 0 Å². The van der Waals surface area contributed by atoms with Gasteiger partial charge >= 0.3 is 0 Å². The van der Waals surface area contributed by atoms with Crippen LogP contribution < -0.4 is 19.5 Å².